The molecule has 0 bridgehead atoms. The quantitative estimate of drug-likeness (QED) is 0.809. The van der Waals surface area contributed by atoms with Crippen molar-refractivity contribution < 1.29 is 9.90 Å². The van der Waals surface area contributed by atoms with Crippen molar-refractivity contribution in [3.05, 3.63) is 53.3 Å². The van der Waals surface area contributed by atoms with Gasteiger partial charge in [0.2, 0.25) is 0 Å². The zero-order valence-corrected chi connectivity index (χ0v) is 17.2. The number of primary amides is 1. The molecule has 4 rings (SSSR count). The molecule has 3 N–H and O–H groups in total. The zero-order chi connectivity index (χ0) is 20.4. The molecule has 2 heterocycles. The number of carbonyl (C=O) groups is 1. The van der Waals surface area contributed by atoms with Crippen LogP contribution in [0.25, 0.3) is 11.1 Å². The smallest absolute Gasteiger partial charge is 0.250 e. The standard InChI is InChI=1S/C24H31N3O2/c1-16-3-2-12-27(16)15-17-4-6-18(7-5-17)20-13-22(24(25)29)23(26-14-20)19-8-10-21(28)11-9-19/h4-7,13-14,16,19,21,28H,2-3,8-12,15H2,1H3,(H2,25,29). The van der Waals surface area contributed by atoms with Gasteiger partial charge in [-0.3, -0.25) is 14.7 Å². The Bertz CT molecular complexity index is 857. The molecule has 2 fully saturated rings. The Kier molecular flexibility index (Phi) is 5.97. The number of pyridine rings is 1. The van der Waals surface area contributed by atoms with Crippen molar-refractivity contribution >= 4 is 5.91 Å². The maximum absolute atomic E-state index is 12.1. The molecule has 5 nitrogen and oxygen atoms in total. The van der Waals surface area contributed by atoms with E-state index in [0.29, 0.717) is 11.6 Å². The first-order chi connectivity index (χ1) is 14.0. The summed E-state index contributed by atoms with van der Waals surface area (Å²) in [6, 6.07) is 11.1. The molecule has 1 aromatic carbocycles. The summed E-state index contributed by atoms with van der Waals surface area (Å²) >= 11 is 0. The normalized spacial score (nSPS) is 25.2. The molecule has 2 aliphatic rings. The molecule has 1 atom stereocenters. The lowest BCUT2D eigenvalue weighted by Gasteiger charge is -2.26. The summed E-state index contributed by atoms with van der Waals surface area (Å²) in [6.45, 7) is 4.46. The third kappa shape index (κ3) is 4.51. The van der Waals surface area contributed by atoms with Gasteiger partial charge in [-0.15, -0.1) is 0 Å². The van der Waals surface area contributed by atoms with E-state index < -0.39 is 5.91 Å². The van der Waals surface area contributed by atoms with Gasteiger partial charge < -0.3 is 10.8 Å². The van der Waals surface area contributed by atoms with E-state index in [-0.39, 0.29) is 12.0 Å². The van der Waals surface area contributed by atoms with Gasteiger partial charge in [-0.1, -0.05) is 24.3 Å². The summed E-state index contributed by atoms with van der Waals surface area (Å²) in [4.78, 5) is 19.3. The molecule has 1 unspecified atom stereocenters. The second kappa shape index (κ2) is 8.64. The first-order valence-electron chi connectivity index (χ1n) is 10.8. The molecule has 5 heteroatoms. The van der Waals surface area contributed by atoms with Crippen LogP contribution in [0.4, 0.5) is 0 Å². The number of aliphatic hydroxyl groups is 1. The van der Waals surface area contributed by atoms with Crippen LogP contribution in [0.3, 0.4) is 0 Å². The van der Waals surface area contributed by atoms with Crippen molar-refractivity contribution in [3.8, 4) is 11.1 Å². The molecule has 1 aliphatic carbocycles. The van der Waals surface area contributed by atoms with Crippen LogP contribution in [0.15, 0.2) is 36.5 Å². The SMILES string of the molecule is CC1CCCN1Cc1ccc(-c2cnc(C3CCC(O)CC3)c(C(N)=O)c2)cc1. The highest BCUT2D eigenvalue weighted by Crippen LogP contribution is 2.34. The summed E-state index contributed by atoms with van der Waals surface area (Å²) in [5, 5.41) is 9.76. The largest absolute Gasteiger partial charge is 0.393 e. The highest BCUT2D eigenvalue weighted by atomic mass is 16.3. The van der Waals surface area contributed by atoms with Crippen molar-refractivity contribution in [1.29, 1.82) is 0 Å². The van der Waals surface area contributed by atoms with Crippen LogP contribution in [0.2, 0.25) is 0 Å². The summed E-state index contributed by atoms with van der Waals surface area (Å²) in [5.74, 6) is -0.236. The Balaban J connectivity index is 1.53. The van der Waals surface area contributed by atoms with Crippen molar-refractivity contribution in [3.63, 3.8) is 0 Å². The second-order valence-corrected chi connectivity index (χ2v) is 8.69. The fourth-order valence-corrected chi connectivity index (χ4v) is 4.77. The number of carbonyl (C=O) groups excluding carboxylic acids is 1. The Morgan fingerprint density at radius 2 is 1.86 bits per heavy atom. The van der Waals surface area contributed by atoms with Crippen molar-refractivity contribution in [2.45, 2.75) is 70.1 Å². The molecule has 29 heavy (non-hydrogen) atoms. The molecule has 1 aromatic heterocycles. The maximum atomic E-state index is 12.1. The molecule has 1 saturated carbocycles. The Morgan fingerprint density at radius 1 is 1.14 bits per heavy atom. The number of nitrogens with zero attached hydrogens (tertiary/aromatic N) is 2. The van der Waals surface area contributed by atoms with Crippen LogP contribution >= 0.6 is 0 Å². The van der Waals surface area contributed by atoms with Crippen molar-refractivity contribution in [2.75, 3.05) is 6.54 Å². The van der Waals surface area contributed by atoms with Crippen LogP contribution in [-0.4, -0.2) is 39.6 Å². The molecule has 1 aliphatic heterocycles. The minimum atomic E-state index is -0.430. The van der Waals surface area contributed by atoms with E-state index >= 15 is 0 Å². The molecule has 154 valence electrons. The number of aromatic nitrogens is 1. The maximum Gasteiger partial charge on any atom is 0.250 e. The number of hydrogen-bond donors (Lipinski definition) is 2. The lowest BCUT2D eigenvalue weighted by atomic mass is 9.83. The average Bonchev–Trinajstić information content (AvgIpc) is 3.13. The molecule has 0 radical (unpaired) electrons. The van der Waals surface area contributed by atoms with Gasteiger partial charge in [-0.05, 0) is 69.2 Å². The summed E-state index contributed by atoms with van der Waals surface area (Å²) in [5.41, 5.74) is 10.3. The molecule has 1 saturated heterocycles. The molecule has 1 amide bonds. The summed E-state index contributed by atoms with van der Waals surface area (Å²) < 4.78 is 0. The fraction of sp³-hybridized carbons (Fsp3) is 0.500. The Hall–Kier alpha value is -2.24. The van der Waals surface area contributed by atoms with Gasteiger partial charge in [-0.25, -0.2) is 0 Å². The molecular formula is C24H31N3O2. The Morgan fingerprint density at radius 3 is 2.48 bits per heavy atom. The monoisotopic (exact) mass is 393 g/mol. The number of hydrogen-bond acceptors (Lipinski definition) is 4. The number of nitrogens with two attached hydrogens (primary N) is 1. The lowest BCUT2D eigenvalue weighted by molar-refractivity contribution is 0.0996. The van der Waals surface area contributed by atoms with Crippen molar-refractivity contribution in [1.82, 2.24) is 9.88 Å². The van der Waals surface area contributed by atoms with E-state index in [2.05, 4.69) is 41.1 Å². The van der Waals surface area contributed by atoms with Gasteiger partial charge in [0.15, 0.2) is 0 Å². The lowest BCUT2D eigenvalue weighted by Crippen LogP contribution is -2.26. The van der Waals surface area contributed by atoms with Crippen molar-refractivity contribution in [2.24, 2.45) is 5.73 Å². The van der Waals surface area contributed by atoms with E-state index in [4.69, 9.17) is 5.73 Å². The van der Waals surface area contributed by atoms with Gasteiger partial charge in [-0.2, -0.15) is 0 Å². The number of benzene rings is 1. The Labute approximate surface area is 172 Å². The first kappa shape index (κ1) is 20.0. The van der Waals surface area contributed by atoms with Crippen LogP contribution in [0, 0.1) is 0 Å². The van der Waals surface area contributed by atoms with Gasteiger partial charge in [0, 0.05) is 30.3 Å². The predicted octanol–water partition coefficient (Wildman–Crippen LogP) is 3.85. The number of amides is 1. The highest BCUT2D eigenvalue weighted by Gasteiger charge is 2.26. The third-order valence-corrected chi connectivity index (χ3v) is 6.63. The summed E-state index contributed by atoms with van der Waals surface area (Å²) in [7, 11) is 0. The number of aliphatic hydroxyl groups excluding tert-OH is 1. The zero-order valence-electron chi connectivity index (χ0n) is 17.2. The molecular weight excluding hydrogens is 362 g/mol. The van der Waals surface area contributed by atoms with E-state index in [1.165, 1.54) is 24.9 Å². The molecule has 2 aromatic rings. The predicted molar refractivity (Wildman–Crippen MR) is 115 cm³/mol. The van der Waals surface area contributed by atoms with Crippen LogP contribution in [0.1, 0.15) is 73.0 Å². The highest BCUT2D eigenvalue weighted by molar-refractivity contribution is 5.95. The van der Waals surface area contributed by atoms with Gasteiger partial charge in [0.25, 0.3) is 5.91 Å². The minimum absolute atomic E-state index is 0.194. The fourth-order valence-electron chi connectivity index (χ4n) is 4.77. The topological polar surface area (TPSA) is 79.4 Å². The summed E-state index contributed by atoms with van der Waals surface area (Å²) in [6.07, 6.45) is 7.38. The van der Waals surface area contributed by atoms with E-state index in [9.17, 15) is 9.90 Å². The molecule has 0 spiro atoms. The van der Waals surface area contributed by atoms with E-state index in [1.54, 1.807) is 0 Å². The van der Waals surface area contributed by atoms with Crippen LogP contribution in [0.5, 0.6) is 0 Å². The van der Waals surface area contributed by atoms with E-state index in [1.807, 2.05) is 12.3 Å². The van der Waals surface area contributed by atoms with Gasteiger partial charge >= 0.3 is 0 Å². The minimum Gasteiger partial charge on any atom is -0.393 e. The van der Waals surface area contributed by atoms with Crippen LogP contribution < -0.4 is 5.73 Å². The van der Waals surface area contributed by atoms with Gasteiger partial charge in [0.05, 0.1) is 17.4 Å². The van der Waals surface area contributed by atoms with Crippen LogP contribution in [-0.2, 0) is 6.54 Å². The second-order valence-electron chi connectivity index (χ2n) is 8.69. The van der Waals surface area contributed by atoms with E-state index in [0.717, 1.165) is 49.0 Å². The first-order valence-corrected chi connectivity index (χ1v) is 10.8. The third-order valence-electron chi connectivity index (χ3n) is 6.63. The van der Waals surface area contributed by atoms with Gasteiger partial charge in [0.1, 0.15) is 0 Å². The average molecular weight is 394 g/mol. The number of rotatable bonds is 5. The number of likely N-dealkylation sites (tertiary alicyclic amines) is 1.